The predicted molar refractivity (Wildman–Crippen MR) is 45.3 cm³/mol. The summed E-state index contributed by atoms with van der Waals surface area (Å²) in [5.41, 5.74) is 5.32. The lowest BCUT2D eigenvalue weighted by atomic mass is 10.1. The van der Waals surface area contributed by atoms with E-state index in [1.807, 2.05) is 0 Å². The van der Waals surface area contributed by atoms with Crippen LogP contribution in [0.25, 0.3) is 0 Å². The molecule has 0 bridgehead atoms. The van der Waals surface area contributed by atoms with Crippen LogP contribution >= 0.6 is 0 Å². The molecule has 0 radical (unpaired) electrons. The Morgan fingerprint density at radius 2 is 2.25 bits per heavy atom. The molecule has 1 heterocycles. The van der Waals surface area contributed by atoms with Crippen LogP contribution in [0.5, 0.6) is 0 Å². The maximum absolute atomic E-state index is 5.32. The van der Waals surface area contributed by atoms with Gasteiger partial charge in [-0.3, -0.25) is 0 Å². The highest BCUT2D eigenvalue weighted by atomic mass is 16.5. The molecular weight excluding hydrogens is 154 g/mol. The van der Waals surface area contributed by atoms with Gasteiger partial charge in [0.05, 0.1) is 6.54 Å². The van der Waals surface area contributed by atoms with E-state index in [0.29, 0.717) is 18.4 Å². The Hall–Kier alpha value is -0.900. The quantitative estimate of drug-likeness (QED) is 0.733. The number of hydrogen-bond acceptors (Lipinski definition) is 4. The van der Waals surface area contributed by atoms with Gasteiger partial charge in [-0.2, -0.15) is 4.98 Å². The van der Waals surface area contributed by atoms with Crippen LogP contribution in [0.15, 0.2) is 4.52 Å². The van der Waals surface area contributed by atoms with Crippen molar-refractivity contribution in [2.75, 3.05) is 0 Å². The first-order valence-electron chi connectivity index (χ1n) is 4.24. The van der Waals surface area contributed by atoms with Crippen LogP contribution < -0.4 is 5.73 Å². The molecule has 1 rings (SSSR count). The Balaban J connectivity index is 2.41. The third-order valence-corrected chi connectivity index (χ3v) is 1.63. The molecule has 4 nitrogen and oxygen atoms in total. The summed E-state index contributed by atoms with van der Waals surface area (Å²) < 4.78 is 4.86. The molecule has 0 spiro atoms. The van der Waals surface area contributed by atoms with E-state index in [1.165, 1.54) is 0 Å². The lowest BCUT2D eigenvalue weighted by Crippen LogP contribution is -1.97. The van der Waals surface area contributed by atoms with Gasteiger partial charge in [-0.25, -0.2) is 0 Å². The predicted octanol–water partition coefficient (Wildman–Crippen LogP) is 1.12. The summed E-state index contributed by atoms with van der Waals surface area (Å²) in [6, 6.07) is 0. The van der Waals surface area contributed by atoms with E-state index in [9.17, 15) is 0 Å². The van der Waals surface area contributed by atoms with Gasteiger partial charge in [-0.15, -0.1) is 0 Å². The minimum absolute atomic E-state index is 0.328. The van der Waals surface area contributed by atoms with E-state index < -0.39 is 0 Å². The van der Waals surface area contributed by atoms with Gasteiger partial charge in [0, 0.05) is 6.42 Å². The summed E-state index contributed by atoms with van der Waals surface area (Å²) >= 11 is 0. The van der Waals surface area contributed by atoms with Gasteiger partial charge in [-0.05, 0) is 12.3 Å². The average molecular weight is 169 g/mol. The van der Waals surface area contributed by atoms with Crippen molar-refractivity contribution in [1.29, 1.82) is 0 Å². The third-order valence-electron chi connectivity index (χ3n) is 1.63. The molecule has 0 saturated carbocycles. The van der Waals surface area contributed by atoms with Crippen molar-refractivity contribution in [3.8, 4) is 0 Å². The van der Waals surface area contributed by atoms with Crippen LogP contribution in [-0.4, -0.2) is 10.1 Å². The molecule has 0 amide bonds. The Labute approximate surface area is 72.1 Å². The van der Waals surface area contributed by atoms with Crippen molar-refractivity contribution in [3.05, 3.63) is 11.7 Å². The SMILES string of the molecule is CC(C)CCc1noc(CN)n1. The zero-order valence-corrected chi connectivity index (χ0v) is 7.58. The Bertz CT molecular complexity index is 232. The summed E-state index contributed by atoms with van der Waals surface area (Å²) in [4.78, 5) is 4.10. The van der Waals surface area contributed by atoms with Crippen molar-refractivity contribution in [3.63, 3.8) is 0 Å². The summed E-state index contributed by atoms with van der Waals surface area (Å²) in [6.45, 7) is 4.67. The first-order valence-corrected chi connectivity index (χ1v) is 4.24. The molecule has 1 aromatic heterocycles. The highest BCUT2D eigenvalue weighted by molar-refractivity contribution is 4.85. The number of nitrogens with zero attached hydrogens (tertiary/aromatic N) is 2. The van der Waals surface area contributed by atoms with Crippen molar-refractivity contribution in [2.24, 2.45) is 11.7 Å². The van der Waals surface area contributed by atoms with Gasteiger partial charge in [0.2, 0.25) is 5.89 Å². The molecule has 0 aliphatic heterocycles. The minimum Gasteiger partial charge on any atom is -0.338 e. The number of aryl methyl sites for hydroxylation is 1. The van der Waals surface area contributed by atoms with Crippen LogP contribution in [0.2, 0.25) is 0 Å². The fraction of sp³-hybridized carbons (Fsp3) is 0.750. The van der Waals surface area contributed by atoms with Gasteiger partial charge in [-0.1, -0.05) is 19.0 Å². The minimum atomic E-state index is 0.328. The zero-order chi connectivity index (χ0) is 8.97. The number of hydrogen-bond donors (Lipinski definition) is 1. The molecule has 0 aromatic carbocycles. The molecule has 4 heteroatoms. The van der Waals surface area contributed by atoms with Crippen molar-refractivity contribution >= 4 is 0 Å². The molecule has 0 atom stereocenters. The summed E-state index contributed by atoms with van der Waals surface area (Å²) in [6.07, 6.45) is 1.96. The van der Waals surface area contributed by atoms with Crippen LogP contribution in [-0.2, 0) is 13.0 Å². The van der Waals surface area contributed by atoms with Gasteiger partial charge in [0.15, 0.2) is 5.82 Å². The standard InChI is InChI=1S/C8H15N3O/c1-6(2)3-4-7-10-8(5-9)12-11-7/h6H,3-5,9H2,1-2H3. The summed E-state index contributed by atoms with van der Waals surface area (Å²) in [5.74, 6) is 1.96. The highest BCUT2D eigenvalue weighted by Gasteiger charge is 2.04. The normalized spacial score (nSPS) is 11.0. The van der Waals surface area contributed by atoms with Gasteiger partial charge in [0.25, 0.3) is 0 Å². The van der Waals surface area contributed by atoms with Gasteiger partial charge >= 0.3 is 0 Å². The van der Waals surface area contributed by atoms with Crippen molar-refractivity contribution in [2.45, 2.75) is 33.2 Å². The van der Waals surface area contributed by atoms with E-state index in [2.05, 4.69) is 24.0 Å². The van der Waals surface area contributed by atoms with E-state index >= 15 is 0 Å². The lowest BCUT2D eigenvalue weighted by Gasteiger charge is -1.98. The molecule has 2 N–H and O–H groups in total. The number of nitrogens with two attached hydrogens (primary N) is 1. The van der Waals surface area contributed by atoms with Gasteiger partial charge < -0.3 is 10.3 Å². The lowest BCUT2D eigenvalue weighted by molar-refractivity contribution is 0.373. The Morgan fingerprint density at radius 3 is 2.75 bits per heavy atom. The Kier molecular flexibility index (Phi) is 3.22. The second-order valence-electron chi connectivity index (χ2n) is 3.24. The average Bonchev–Trinajstić information content (AvgIpc) is 2.48. The molecule has 1 aromatic rings. The van der Waals surface area contributed by atoms with Crippen molar-refractivity contribution < 1.29 is 4.52 Å². The molecule has 68 valence electrons. The second-order valence-corrected chi connectivity index (χ2v) is 3.24. The number of aromatic nitrogens is 2. The van der Waals surface area contributed by atoms with Crippen molar-refractivity contribution in [1.82, 2.24) is 10.1 Å². The molecule has 0 saturated heterocycles. The van der Waals surface area contributed by atoms with Crippen LogP contribution in [0.3, 0.4) is 0 Å². The molecule has 0 unspecified atom stereocenters. The molecule has 0 fully saturated rings. The van der Waals surface area contributed by atoms with Gasteiger partial charge in [0.1, 0.15) is 0 Å². The largest absolute Gasteiger partial charge is 0.338 e. The van der Waals surface area contributed by atoms with E-state index in [1.54, 1.807) is 0 Å². The molecular formula is C8H15N3O. The van der Waals surface area contributed by atoms with E-state index in [0.717, 1.165) is 18.7 Å². The summed E-state index contributed by atoms with van der Waals surface area (Å²) in [7, 11) is 0. The molecule has 0 aliphatic rings. The van der Waals surface area contributed by atoms with E-state index in [4.69, 9.17) is 10.3 Å². The maximum Gasteiger partial charge on any atom is 0.240 e. The fourth-order valence-corrected chi connectivity index (χ4v) is 0.892. The first kappa shape index (κ1) is 9.19. The Morgan fingerprint density at radius 1 is 1.50 bits per heavy atom. The fourth-order valence-electron chi connectivity index (χ4n) is 0.892. The maximum atomic E-state index is 5.32. The second kappa shape index (κ2) is 4.21. The smallest absolute Gasteiger partial charge is 0.240 e. The van der Waals surface area contributed by atoms with E-state index in [-0.39, 0.29) is 0 Å². The topological polar surface area (TPSA) is 64.9 Å². The molecule has 0 aliphatic carbocycles. The molecule has 12 heavy (non-hydrogen) atoms. The third kappa shape index (κ3) is 2.62. The van der Waals surface area contributed by atoms with Crippen LogP contribution in [0.1, 0.15) is 32.0 Å². The van der Waals surface area contributed by atoms with Crippen LogP contribution in [0, 0.1) is 5.92 Å². The number of rotatable bonds is 4. The van der Waals surface area contributed by atoms with Crippen LogP contribution in [0.4, 0.5) is 0 Å². The zero-order valence-electron chi connectivity index (χ0n) is 7.58. The first-order chi connectivity index (χ1) is 5.72. The summed E-state index contributed by atoms with van der Waals surface area (Å²) in [5, 5.41) is 3.79. The monoisotopic (exact) mass is 169 g/mol. The highest BCUT2D eigenvalue weighted by Crippen LogP contribution is 2.05.